The SMILES string of the molecule is Cc1c(OCC2CC2)cc(N)cc1S(N)(=O)=O. The van der Waals surface area contributed by atoms with E-state index in [1.807, 2.05) is 0 Å². The molecule has 0 atom stereocenters. The van der Waals surface area contributed by atoms with E-state index in [-0.39, 0.29) is 4.90 Å². The largest absolute Gasteiger partial charge is 0.493 e. The number of hydrogen-bond acceptors (Lipinski definition) is 4. The summed E-state index contributed by atoms with van der Waals surface area (Å²) in [5.74, 6) is 1.09. The molecular formula is C11H16N2O3S. The Labute approximate surface area is 101 Å². The van der Waals surface area contributed by atoms with Crippen molar-refractivity contribution in [2.75, 3.05) is 12.3 Å². The zero-order chi connectivity index (χ0) is 12.6. The lowest BCUT2D eigenvalue weighted by atomic mass is 10.2. The third kappa shape index (κ3) is 2.89. The molecule has 0 amide bonds. The maximum Gasteiger partial charge on any atom is 0.238 e. The predicted molar refractivity (Wildman–Crippen MR) is 65.2 cm³/mol. The van der Waals surface area contributed by atoms with Crippen molar-refractivity contribution in [3.63, 3.8) is 0 Å². The highest BCUT2D eigenvalue weighted by Crippen LogP contribution is 2.32. The van der Waals surface area contributed by atoms with Gasteiger partial charge in [-0.05, 0) is 31.7 Å². The summed E-state index contributed by atoms with van der Waals surface area (Å²) in [6, 6.07) is 2.99. The van der Waals surface area contributed by atoms with Gasteiger partial charge in [0.05, 0.1) is 11.5 Å². The molecule has 94 valence electrons. The first-order valence-electron chi connectivity index (χ1n) is 5.43. The van der Waals surface area contributed by atoms with Crippen molar-refractivity contribution >= 4 is 15.7 Å². The van der Waals surface area contributed by atoms with Crippen LogP contribution in [0.1, 0.15) is 18.4 Å². The monoisotopic (exact) mass is 256 g/mol. The number of anilines is 1. The average Bonchev–Trinajstić information content (AvgIpc) is 3.01. The zero-order valence-corrected chi connectivity index (χ0v) is 10.5. The molecule has 1 aliphatic carbocycles. The summed E-state index contributed by atoms with van der Waals surface area (Å²) < 4.78 is 28.3. The fraction of sp³-hybridized carbons (Fsp3) is 0.455. The molecule has 0 aromatic heterocycles. The first-order chi connectivity index (χ1) is 7.88. The molecule has 1 saturated carbocycles. The molecule has 17 heavy (non-hydrogen) atoms. The van der Waals surface area contributed by atoms with Crippen molar-refractivity contribution in [1.82, 2.24) is 0 Å². The van der Waals surface area contributed by atoms with Crippen LogP contribution in [0.4, 0.5) is 5.69 Å². The standard InChI is InChI=1S/C11H16N2O3S/c1-7-10(16-6-8-2-3-8)4-9(12)5-11(7)17(13,14)15/h4-5,8H,2-3,6,12H2,1H3,(H2,13,14,15). The molecule has 0 heterocycles. The second-order valence-corrected chi connectivity index (χ2v) is 5.97. The number of ether oxygens (including phenoxy) is 1. The Morgan fingerprint density at radius 1 is 1.41 bits per heavy atom. The molecule has 1 aromatic carbocycles. The van der Waals surface area contributed by atoms with Crippen LogP contribution in [0.25, 0.3) is 0 Å². The molecule has 0 radical (unpaired) electrons. The molecular weight excluding hydrogens is 240 g/mol. The molecule has 6 heteroatoms. The van der Waals surface area contributed by atoms with E-state index < -0.39 is 10.0 Å². The Bertz CT molecular complexity index is 536. The molecule has 1 aliphatic rings. The molecule has 0 bridgehead atoms. The van der Waals surface area contributed by atoms with Crippen LogP contribution in [-0.2, 0) is 10.0 Å². The van der Waals surface area contributed by atoms with E-state index in [0.717, 1.165) is 0 Å². The van der Waals surface area contributed by atoms with Crippen LogP contribution in [0.5, 0.6) is 5.75 Å². The number of rotatable bonds is 4. The van der Waals surface area contributed by atoms with Gasteiger partial charge in [-0.2, -0.15) is 0 Å². The van der Waals surface area contributed by atoms with Crippen molar-refractivity contribution in [3.8, 4) is 5.75 Å². The van der Waals surface area contributed by atoms with Crippen molar-refractivity contribution in [2.45, 2.75) is 24.7 Å². The Kier molecular flexibility index (Phi) is 3.01. The van der Waals surface area contributed by atoms with Crippen molar-refractivity contribution in [1.29, 1.82) is 0 Å². The molecule has 0 unspecified atom stereocenters. The minimum atomic E-state index is -3.76. The first kappa shape index (κ1) is 12.2. The molecule has 4 N–H and O–H groups in total. The lowest BCUT2D eigenvalue weighted by Crippen LogP contribution is -2.15. The van der Waals surface area contributed by atoms with Gasteiger partial charge in [-0.25, -0.2) is 13.6 Å². The van der Waals surface area contributed by atoms with Crippen LogP contribution in [0, 0.1) is 12.8 Å². The van der Waals surface area contributed by atoms with Gasteiger partial charge in [0, 0.05) is 17.3 Å². The van der Waals surface area contributed by atoms with Gasteiger partial charge in [0.25, 0.3) is 0 Å². The van der Waals surface area contributed by atoms with Gasteiger partial charge in [0.15, 0.2) is 0 Å². The third-order valence-electron chi connectivity index (χ3n) is 2.81. The van der Waals surface area contributed by atoms with E-state index >= 15 is 0 Å². The molecule has 1 fully saturated rings. The quantitative estimate of drug-likeness (QED) is 0.786. The second kappa shape index (κ2) is 4.19. The van der Waals surface area contributed by atoms with Gasteiger partial charge < -0.3 is 10.5 Å². The molecule has 1 aromatic rings. The summed E-state index contributed by atoms with van der Waals surface area (Å²) in [5.41, 5.74) is 6.50. The number of hydrogen-bond donors (Lipinski definition) is 2. The van der Waals surface area contributed by atoms with E-state index in [2.05, 4.69) is 0 Å². The first-order valence-corrected chi connectivity index (χ1v) is 6.98. The lowest BCUT2D eigenvalue weighted by molar-refractivity contribution is 0.297. The maximum atomic E-state index is 11.4. The zero-order valence-electron chi connectivity index (χ0n) is 9.64. The van der Waals surface area contributed by atoms with Crippen molar-refractivity contribution in [3.05, 3.63) is 17.7 Å². The minimum absolute atomic E-state index is 0.0308. The summed E-state index contributed by atoms with van der Waals surface area (Å²) in [5, 5.41) is 5.12. The summed E-state index contributed by atoms with van der Waals surface area (Å²) in [6.45, 7) is 2.27. The number of nitrogens with two attached hydrogens (primary N) is 2. The van der Waals surface area contributed by atoms with E-state index in [0.29, 0.717) is 29.5 Å². The smallest absolute Gasteiger partial charge is 0.238 e. The van der Waals surface area contributed by atoms with Gasteiger partial charge in [-0.1, -0.05) is 0 Å². The highest BCUT2D eigenvalue weighted by molar-refractivity contribution is 7.89. The fourth-order valence-electron chi connectivity index (χ4n) is 1.62. The van der Waals surface area contributed by atoms with Crippen molar-refractivity contribution < 1.29 is 13.2 Å². The Balaban J connectivity index is 2.34. The van der Waals surface area contributed by atoms with E-state index in [1.54, 1.807) is 13.0 Å². The summed E-state index contributed by atoms with van der Waals surface area (Å²) >= 11 is 0. The Morgan fingerprint density at radius 2 is 2.06 bits per heavy atom. The summed E-state index contributed by atoms with van der Waals surface area (Å²) in [4.78, 5) is 0.0308. The van der Waals surface area contributed by atoms with Crippen LogP contribution in [0.3, 0.4) is 0 Å². The molecule has 0 spiro atoms. The topological polar surface area (TPSA) is 95.4 Å². The van der Waals surface area contributed by atoms with Gasteiger partial charge in [0.1, 0.15) is 5.75 Å². The van der Waals surface area contributed by atoms with E-state index in [4.69, 9.17) is 15.6 Å². The molecule has 0 saturated heterocycles. The van der Waals surface area contributed by atoms with Gasteiger partial charge in [-0.15, -0.1) is 0 Å². The number of benzene rings is 1. The fourth-order valence-corrected chi connectivity index (χ4v) is 2.45. The average molecular weight is 256 g/mol. The van der Waals surface area contributed by atoms with Gasteiger partial charge >= 0.3 is 0 Å². The van der Waals surface area contributed by atoms with Crippen molar-refractivity contribution in [2.24, 2.45) is 11.1 Å². The van der Waals surface area contributed by atoms with Crippen LogP contribution in [0.15, 0.2) is 17.0 Å². The lowest BCUT2D eigenvalue weighted by Gasteiger charge is -2.12. The minimum Gasteiger partial charge on any atom is -0.493 e. The second-order valence-electron chi connectivity index (χ2n) is 4.44. The molecule has 2 rings (SSSR count). The highest BCUT2D eigenvalue weighted by Gasteiger charge is 2.23. The third-order valence-corrected chi connectivity index (χ3v) is 3.85. The summed E-state index contributed by atoms with van der Waals surface area (Å²) in [7, 11) is -3.76. The number of primary sulfonamides is 1. The van der Waals surface area contributed by atoms with Crippen LogP contribution in [0.2, 0.25) is 0 Å². The summed E-state index contributed by atoms with van der Waals surface area (Å²) in [6.07, 6.45) is 2.34. The van der Waals surface area contributed by atoms with E-state index in [9.17, 15) is 8.42 Å². The van der Waals surface area contributed by atoms with E-state index in [1.165, 1.54) is 18.9 Å². The molecule has 0 aliphatic heterocycles. The predicted octanol–water partition coefficient (Wildman–Crippen LogP) is 1.01. The maximum absolute atomic E-state index is 11.4. The normalized spacial score (nSPS) is 15.9. The van der Waals surface area contributed by atoms with Crippen LogP contribution < -0.4 is 15.6 Å². The van der Waals surface area contributed by atoms with Crippen LogP contribution >= 0.6 is 0 Å². The van der Waals surface area contributed by atoms with Crippen LogP contribution in [-0.4, -0.2) is 15.0 Å². The Morgan fingerprint density at radius 3 is 2.59 bits per heavy atom. The van der Waals surface area contributed by atoms with Gasteiger partial charge in [0.2, 0.25) is 10.0 Å². The Hall–Kier alpha value is -1.27. The number of sulfonamides is 1. The highest BCUT2D eigenvalue weighted by atomic mass is 32.2. The molecule has 5 nitrogen and oxygen atoms in total. The van der Waals surface area contributed by atoms with Gasteiger partial charge in [-0.3, -0.25) is 0 Å². The number of nitrogen functional groups attached to an aromatic ring is 1.